The van der Waals surface area contributed by atoms with E-state index in [9.17, 15) is 14.7 Å². The number of nitrogens with two attached hydrogens (primary N) is 2. The van der Waals surface area contributed by atoms with E-state index in [1.807, 2.05) is 0 Å². The summed E-state index contributed by atoms with van der Waals surface area (Å²) in [5.41, 5.74) is 9.89. The van der Waals surface area contributed by atoms with Gasteiger partial charge in [-0.15, -0.1) is 0 Å². The number of hydrogen-bond donors (Lipinski definition) is 5. The number of carbonyl (C=O) groups is 2. The minimum Gasteiger partial charge on any atom is -0.480 e. The third kappa shape index (κ3) is 4.17. The number of amides is 1. The van der Waals surface area contributed by atoms with Crippen LogP contribution in [0.4, 0.5) is 0 Å². The molecule has 20 heavy (non-hydrogen) atoms. The van der Waals surface area contributed by atoms with Gasteiger partial charge >= 0.3 is 13.1 Å². The lowest BCUT2D eigenvalue weighted by atomic mass is 9.75. The zero-order chi connectivity index (χ0) is 15.5. The van der Waals surface area contributed by atoms with Crippen molar-refractivity contribution in [3.8, 4) is 0 Å². The molecule has 7 N–H and O–H groups in total. The van der Waals surface area contributed by atoms with E-state index in [1.165, 1.54) is 11.8 Å². The molecule has 9 heteroatoms. The Hall–Kier alpha value is -1.16. The molecule has 0 radical (unpaired) electrons. The summed E-state index contributed by atoms with van der Waals surface area (Å²) in [6, 6.07) is -0.727. The summed E-state index contributed by atoms with van der Waals surface area (Å²) in [5, 5.41) is 27.0. The van der Waals surface area contributed by atoms with Gasteiger partial charge in [-0.25, -0.2) is 0 Å². The average Bonchev–Trinajstić information content (AvgIpc) is 2.34. The average molecular weight is 287 g/mol. The molecule has 1 rings (SSSR count). The molecule has 8 nitrogen and oxygen atoms in total. The highest BCUT2D eigenvalue weighted by atomic mass is 16.4. The maximum atomic E-state index is 11.9. The van der Waals surface area contributed by atoms with Crippen molar-refractivity contribution in [1.82, 2.24) is 4.90 Å². The molecule has 1 saturated heterocycles. The first-order chi connectivity index (χ1) is 9.15. The van der Waals surface area contributed by atoms with Crippen LogP contribution in [0.15, 0.2) is 0 Å². The predicted molar refractivity (Wildman–Crippen MR) is 72.5 cm³/mol. The van der Waals surface area contributed by atoms with Crippen LogP contribution in [0.2, 0.25) is 6.32 Å². The van der Waals surface area contributed by atoms with E-state index >= 15 is 0 Å². The van der Waals surface area contributed by atoms with E-state index in [0.29, 0.717) is 13.0 Å². The zero-order valence-corrected chi connectivity index (χ0v) is 11.5. The Bertz CT molecular complexity index is 379. The molecule has 0 spiro atoms. The Labute approximate surface area is 117 Å². The molecule has 3 atom stereocenters. The van der Waals surface area contributed by atoms with E-state index in [0.717, 1.165) is 0 Å². The molecule has 1 amide bonds. The summed E-state index contributed by atoms with van der Waals surface area (Å²) in [7, 11) is -1.45. The van der Waals surface area contributed by atoms with Gasteiger partial charge in [0.15, 0.2) is 0 Å². The molecular formula is C11H22BN3O5. The normalized spacial score (nSPS) is 28.1. The summed E-state index contributed by atoms with van der Waals surface area (Å²) in [4.78, 5) is 24.6. The van der Waals surface area contributed by atoms with Crippen molar-refractivity contribution >= 4 is 19.0 Å². The van der Waals surface area contributed by atoms with Crippen LogP contribution in [0, 0.1) is 5.92 Å². The molecule has 1 unspecified atom stereocenters. The van der Waals surface area contributed by atoms with Crippen molar-refractivity contribution in [2.24, 2.45) is 17.4 Å². The zero-order valence-electron chi connectivity index (χ0n) is 11.5. The second-order valence-corrected chi connectivity index (χ2v) is 5.60. The second-order valence-electron chi connectivity index (χ2n) is 5.60. The van der Waals surface area contributed by atoms with Gasteiger partial charge in [0.25, 0.3) is 0 Å². The van der Waals surface area contributed by atoms with Gasteiger partial charge in [0.05, 0.1) is 6.04 Å². The lowest BCUT2D eigenvalue weighted by molar-refractivity contribution is -0.149. The smallest absolute Gasteiger partial charge is 0.451 e. The van der Waals surface area contributed by atoms with Crippen LogP contribution in [0.25, 0.3) is 0 Å². The minimum absolute atomic E-state index is 0.0825. The number of rotatable bonds is 5. The van der Waals surface area contributed by atoms with Crippen LogP contribution >= 0.6 is 0 Å². The molecule has 1 heterocycles. The molecule has 1 aliphatic heterocycles. The summed E-state index contributed by atoms with van der Waals surface area (Å²) in [6.45, 7) is 1.78. The quantitative estimate of drug-likeness (QED) is 0.361. The summed E-state index contributed by atoms with van der Waals surface area (Å²) < 4.78 is 0. The Balaban J connectivity index is 2.83. The van der Waals surface area contributed by atoms with Crippen LogP contribution in [-0.2, 0) is 9.59 Å². The van der Waals surface area contributed by atoms with Gasteiger partial charge in [0, 0.05) is 13.1 Å². The van der Waals surface area contributed by atoms with Gasteiger partial charge < -0.3 is 31.5 Å². The van der Waals surface area contributed by atoms with Crippen LogP contribution in [0.5, 0.6) is 0 Å². The van der Waals surface area contributed by atoms with Crippen molar-refractivity contribution in [3.63, 3.8) is 0 Å². The van der Waals surface area contributed by atoms with Crippen molar-refractivity contribution in [2.45, 2.75) is 37.7 Å². The fourth-order valence-electron chi connectivity index (χ4n) is 2.55. The number of aliphatic carboxylic acids is 1. The van der Waals surface area contributed by atoms with E-state index in [2.05, 4.69) is 0 Å². The van der Waals surface area contributed by atoms with Crippen molar-refractivity contribution in [1.29, 1.82) is 0 Å². The van der Waals surface area contributed by atoms with E-state index in [1.54, 1.807) is 0 Å². The summed E-state index contributed by atoms with van der Waals surface area (Å²) in [5.74, 6) is -1.72. The SMILES string of the molecule is CC(N)C(=O)N1C[C@H](CCB(O)O)C[C@@](N)(C(=O)O)C1. The van der Waals surface area contributed by atoms with E-state index < -0.39 is 24.7 Å². The number of carboxylic acids is 1. The molecule has 0 aliphatic carbocycles. The lowest BCUT2D eigenvalue weighted by Gasteiger charge is -2.42. The van der Waals surface area contributed by atoms with Crippen LogP contribution in [0.3, 0.4) is 0 Å². The maximum Gasteiger partial charge on any atom is 0.451 e. The highest BCUT2D eigenvalue weighted by Gasteiger charge is 2.44. The molecule has 1 fully saturated rings. The Kier molecular flexibility index (Phi) is 5.52. The summed E-state index contributed by atoms with van der Waals surface area (Å²) >= 11 is 0. The Morgan fingerprint density at radius 2 is 2.10 bits per heavy atom. The minimum atomic E-state index is -1.52. The maximum absolute atomic E-state index is 11.9. The molecule has 1 aliphatic rings. The third-order valence-electron chi connectivity index (χ3n) is 3.56. The Morgan fingerprint density at radius 3 is 2.55 bits per heavy atom. The first-order valence-corrected chi connectivity index (χ1v) is 6.58. The molecule has 0 aromatic rings. The van der Waals surface area contributed by atoms with Gasteiger partial charge in [-0.2, -0.15) is 0 Å². The van der Waals surface area contributed by atoms with E-state index in [-0.39, 0.29) is 31.1 Å². The van der Waals surface area contributed by atoms with Gasteiger partial charge in [0.1, 0.15) is 5.54 Å². The van der Waals surface area contributed by atoms with Gasteiger partial charge in [0.2, 0.25) is 5.91 Å². The number of carbonyl (C=O) groups excluding carboxylic acids is 1. The molecule has 0 saturated carbocycles. The molecule has 0 aromatic carbocycles. The van der Waals surface area contributed by atoms with Gasteiger partial charge in [-0.3, -0.25) is 9.59 Å². The monoisotopic (exact) mass is 287 g/mol. The van der Waals surface area contributed by atoms with Crippen molar-refractivity contribution in [2.75, 3.05) is 13.1 Å². The number of carboxylic acid groups (broad SMARTS) is 1. The molecule has 114 valence electrons. The Morgan fingerprint density at radius 1 is 1.50 bits per heavy atom. The molecule has 0 aromatic heterocycles. The standard InChI is InChI=1S/C11H22BN3O5/c1-7(13)9(16)15-5-8(2-3-12(19)20)4-11(14,6-15)10(17)18/h7-8,19-20H,2-6,13-14H2,1H3,(H,17,18)/t7?,8-,11+/m1/s1. The number of piperidine rings is 1. The summed E-state index contributed by atoms with van der Waals surface area (Å²) in [6.07, 6.45) is 0.686. The highest BCUT2D eigenvalue weighted by molar-refractivity contribution is 6.40. The number of nitrogens with zero attached hydrogens (tertiary/aromatic N) is 1. The van der Waals surface area contributed by atoms with Crippen molar-refractivity contribution < 1.29 is 24.7 Å². The molecule has 0 bridgehead atoms. The van der Waals surface area contributed by atoms with E-state index in [4.69, 9.17) is 21.5 Å². The topological polar surface area (TPSA) is 150 Å². The number of hydrogen-bond acceptors (Lipinski definition) is 6. The van der Waals surface area contributed by atoms with Crippen molar-refractivity contribution in [3.05, 3.63) is 0 Å². The van der Waals surface area contributed by atoms with Crippen LogP contribution in [-0.4, -0.2) is 63.7 Å². The fourth-order valence-corrected chi connectivity index (χ4v) is 2.55. The third-order valence-corrected chi connectivity index (χ3v) is 3.56. The highest BCUT2D eigenvalue weighted by Crippen LogP contribution is 2.28. The predicted octanol–water partition coefficient (Wildman–Crippen LogP) is -2.17. The van der Waals surface area contributed by atoms with Gasteiger partial charge in [-0.1, -0.05) is 6.42 Å². The van der Waals surface area contributed by atoms with Crippen LogP contribution < -0.4 is 11.5 Å². The van der Waals surface area contributed by atoms with Crippen LogP contribution in [0.1, 0.15) is 19.8 Å². The molecular weight excluding hydrogens is 265 g/mol. The largest absolute Gasteiger partial charge is 0.480 e. The fraction of sp³-hybridized carbons (Fsp3) is 0.818. The first-order valence-electron chi connectivity index (χ1n) is 6.58. The second kappa shape index (κ2) is 6.53. The lowest BCUT2D eigenvalue weighted by Crippen LogP contribution is -2.64. The van der Waals surface area contributed by atoms with Gasteiger partial charge in [-0.05, 0) is 25.6 Å². The first kappa shape index (κ1) is 16.9. The number of likely N-dealkylation sites (tertiary alicyclic amines) is 1.